The summed E-state index contributed by atoms with van der Waals surface area (Å²) >= 11 is 0. The second-order valence-electron chi connectivity index (χ2n) is 5.27. The van der Waals surface area contributed by atoms with Crippen LogP contribution in [0.3, 0.4) is 0 Å². The largest absolute Gasteiger partial charge is 0.484 e. The van der Waals surface area contributed by atoms with Crippen molar-refractivity contribution >= 4 is 11.7 Å². The van der Waals surface area contributed by atoms with Crippen LogP contribution < -0.4 is 10.1 Å². The standard InChI is InChI=1S/C18H16F3NO3/c19-18(20,21)17(24)15(11-13-7-3-1-4-8-13)22-16(23)12-25-14-9-5-2-6-10-14/h1-10,15H,11-12H2,(H,22,23). The third-order valence-electron chi connectivity index (χ3n) is 3.33. The van der Waals surface area contributed by atoms with Crippen molar-refractivity contribution in [1.82, 2.24) is 5.32 Å². The van der Waals surface area contributed by atoms with Crippen molar-refractivity contribution in [2.24, 2.45) is 0 Å². The monoisotopic (exact) mass is 351 g/mol. The molecule has 1 N–H and O–H groups in total. The van der Waals surface area contributed by atoms with E-state index in [0.717, 1.165) is 0 Å². The van der Waals surface area contributed by atoms with E-state index >= 15 is 0 Å². The molecule has 0 aliphatic heterocycles. The molecule has 0 aliphatic rings. The first kappa shape index (κ1) is 18.5. The Hall–Kier alpha value is -2.83. The second kappa shape index (κ2) is 8.32. The van der Waals surface area contributed by atoms with Crippen LogP contribution in [0.15, 0.2) is 60.7 Å². The Bertz CT molecular complexity index is 703. The predicted molar refractivity (Wildman–Crippen MR) is 85.1 cm³/mol. The quantitative estimate of drug-likeness (QED) is 0.835. The Morgan fingerprint density at radius 3 is 2.08 bits per heavy atom. The predicted octanol–water partition coefficient (Wildman–Crippen LogP) is 2.92. The lowest BCUT2D eigenvalue weighted by atomic mass is 10.0. The molecule has 1 amide bonds. The van der Waals surface area contributed by atoms with Crippen LogP contribution in [0.4, 0.5) is 13.2 Å². The van der Waals surface area contributed by atoms with Gasteiger partial charge in [-0.15, -0.1) is 0 Å². The van der Waals surface area contributed by atoms with Crippen LogP contribution in [0.1, 0.15) is 5.56 Å². The Kier molecular flexibility index (Phi) is 6.16. The van der Waals surface area contributed by atoms with Crippen molar-refractivity contribution in [3.63, 3.8) is 0 Å². The van der Waals surface area contributed by atoms with Crippen LogP contribution in [0.25, 0.3) is 0 Å². The number of carbonyl (C=O) groups is 2. The molecule has 0 saturated carbocycles. The molecule has 132 valence electrons. The summed E-state index contributed by atoms with van der Waals surface area (Å²) in [6, 6.07) is 14.8. The van der Waals surface area contributed by atoms with Gasteiger partial charge in [0.1, 0.15) is 11.8 Å². The van der Waals surface area contributed by atoms with Crippen molar-refractivity contribution in [2.75, 3.05) is 6.61 Å². The molecule has 1 unspecified atom stereocenters. The number of para-hydroxylation sites is 1. The van der Waals surface area contributed by atoms with E-state index in [4.69, 9.17) is 4.74 Å². The number of rotatable bonds is 7. The normalized spacial score (nSPS) is 12.3. The van der Waals surface area contributed by atoms with Gasteiger partial charge in [-0.2, -0.15) is 13.2 Å². The van der Waals surface area contributed by atoms with Crippen molar-refractivity contribution in [1.29, 1.82) is 0 Å². The van der Waals surface area contributed by atoms with Gasteiger partial charge in [0, 0.05) is 6.42 Å². The zero-order valence-electron chi connectivity index (χ0n) is 13.1. The number of Topliss-reactive ketones (excluding diaryl/α,β-unsaturated/α-hetero) is 1. The number of hydrogen-bond acceptors (Lipinski definition) is 3. The zero-order chi connectivity index (χ0) is 18.3. The fourth-order valence-corrected chi connectivity index (χ4v) is 2.16. The summed E-state index contributed by atoms with van der Waals surface area (Å²) in [7, 11) is 0. The molecule has 0 aliphatic carbocycles. The van der Waals surface area contributed by atoms with Crippen molar-refractivity contribution in [2.45, 2.75) is 18.6 Å². The molecule has 0 saturated heterocycles. The maximum atomic E-state index is 12.8. The number of alkyl halides is 3. The summed E-state index contributed by atoms with van der Waals surface area (Å²) in [5.74, 6) is -2.40. The number of nitrogens with one attached hydrogen (secondary N) is 1. The summed E-state index contributed by atoms with van der Waals surface area (Å²) in [6.45, 7) is -0.486. The second-order valence-corrected chi connectivity index (χ2v) is 5.27. The number of halogens is 3. The Morgan fingerprint density at radius 1 is 0.960 bits per heavy atom. The van der Waals surface area contributed by atoms with E-state index in [2.05, 4.69) is 5.32 Å². The third kappa shape index (κ3) is 5.95. The van der Waals surface area contributed by atoms with Gasteiger partial charge in [0.25, 0.3) is 11.7 Å². The van der Waals surface area contributed by atoms with Crippen molar-refractivity contribution in [3.8, 4) is 5.75 Å². The third-order valence-corrected chi connectivity index (χ3v) is 3.33. The number of amides is 1. The fourth-order valence-electron chi connectivity index (χ4n) is 2.16. The minimum atomic E-state index is -5.03. The van der Waals surface area contributed by atoms with Gasteiger partial charge < -0.3 is 10.1 Å². The average molecular weight is 351 g/mol. The van der Waals surface area contributed by atoms with Gasteiger partial charge in [0.15, 0.2) is 6.61 Å². The number of ether oxygens (including phenoxy) is 1. The maximum Gasteiger partial charge on any atom is 0.452 e. The van der Waals surface area contributed by atoms with E-state index in [9.17, 15) is 22.8 Å². The lowest BCUT2D eigenvalue weighted by Crippen LogP contribution is -2.49. The lowest BCUT2D eigenvalue weighted by Gasteiger charge is -2.19. The summed E-state index contributed by atoms with van der Waals surface area (Å²) in [6.07, 6.45) is -5.29. The smallest absolute Gasteiger partial charge is 0.452 e. The first-order valence-corrected chi connectivity index (χ1v) is 7.48. The first-order chi connectivity index (χ1) is 11.9. The van der Waals surface area contributed by atoms with Gasteiger partial charge >= 0.3 is 6.18 Å². The van der Waals surface area contributed by atoms with E-state index in [1.807, 2.05) is 0 Å². The molecule has 0 fully saturated rings. The minimum Gasteiger partial charge on any atom is -0.484 e. The SMILES string of the molecule is O=C(COc1ccccc1)NC(Cc1ccccc1)C(=O)C(F)(F)F. The molecule has 2 aromatic rings. The molecule has 0 aromatic heterocycles. The van der Waals surface area contributed by atoms with E-state index in [1.54, 1.807) is 60.7 Å². The Labute approximate surface area is 142 Å². The summed E-state index contributed by atoms with van der Waals surface area (Å²) in [5.41, 5.74) is 0.509. The molecule has 7 heteroatoms. The van der Waals surface area contributed by atoms with Gasteiger partial charge in [-0.25, -0.2) is 0 Å². The van der Waals surface area contributed by atoms with E-state index < -0.39 is 30.5 Å². The molecule has 0 radical (unpaired) electrons. The number of benzene rings is 2. The van der Waals surface area contributed by atoms with Crippen LogP contribution >= 0.6 is 0 Å². The molecule has 0 spiro atoms. The molecular weight excluding hydrogens is 335 g/mol. The zero-order valence-corrected chi connectivity index (χ0v) is 13.1. The average Bonchev–Trinajstić information content (AvgIpc) is 2.60. The highest BCUT2D eigenvalue weighted by atomic mass is 19.4. The summed E-state index contributed by atoms with van der Waals surface area (Å²) in [5, 5.41) is 2.11. The summed E-state index contributed by atoms with van der Waals surface area (Å²) < 4.78 is 43.5. The number of ketones is 1. The van der Waals surface area contributed by atoms with Gasteiger partial charge in [-0.3, -0.25) is 9.59 Å². The van der Waals surface area contributed by atoms with E-state index in [0.29, 0.717) is 11.3 Å². The Balaban J connectivity index is 2.02. The van der Waals surface area contributed by atoms with Crippen LogP contribution in [0.5, 0.6) is 5.75 Å². The van der Waals surface area contributed by atoms with Gasteiger partial charge in [0.2, 0.25) is 0 Å². The topological polar surface area (TPSA) is 55.4 Å². The summed E-state index contributed by atoms with van der Waals surface area (Å²) in [4.78, 5) is 23.5. The highest BCUT2D eigenvalue weighted by molar-refractivity contribution is 5.93. The molecule has 4 nitrogen and oxygen atoms in total. The number of hydrogen-bond donors (Lipinski definition) is 1. The van der Waals surface area contributed by atoms with E-state index in [-0.39, 0.29) is 6.42 Å². The molecule has 0 heterocycles. The molecule has 1 atom stereocenters. The van der Waals surface area contributed by atoms with Crippen molar-refractivity contribution < 1.29 is 27.5 Å². The molecule has 2 rings (SSSR count). The van der Waals surface area contributed by atoms with Crippen LogP contribution in [-0.2, 0) is 16.0 Å². The van der Waals surface area contributed by atoms with Crippen molar-refractivity contribution in [3.05, 3.63) is 66.2 Å². The lowest BCUT2D eigenvalue weighted by molar-refractivity contribution is -0.173. The van der Waals surface area contributed by atoms with Gasteiger partial charge in [-0.05, 0) is 17.7 Å². The van der Waals surface area contributed by atoms with E-state index in [1.165, 1.54) is 0 Å². The van der Waals surface area contributed by atoms with Crippen LogP contribution in [0, 0.1) is 0 Å². The highest BCUT2D eigenvalue weighted by Gasteiger charge is 2.43. The van der Waals surface area contributed by atoms with Gasteiger partial charge in [-0.1, -0.05) is 48.5 Å². The Morgan fingerprint density at radius 2 is 1.52 bits per heavy atom. The van der Waals surface area contributed by atoms with Gasteiger partial charge in [0.05, 0.1) is 0 Å². The highest BCUT2D eigenvalue weighted by Crippen LogP contribution is 2.20. The molecule has 2 aromatic carbocycles. The first-order valence-electron chi connectivity index (χ1n) is 7.48. The molecule has 0 bridgehead atoms. The van der Waals surface area contributed by atoms with Crippen LogP contribution in [0.2, 0.25) is 0 Å². The molecular formula is C18H16F3NO3. The fraction of sp³-hybridized carbons (Fsp3) is 0.222. The minimum absolute atomic E-state index is 0.254. The maximum absolute atomic E-state index is 12.8. The number of carbonyl (C=O) groups excluding carboxylic acids is 2. The molecule has 25 heavy (non-hydrogen) atoms. The van der Waals surface area contributed by atoms with Crippen LogP contribution in [-0.4, -0.2) is 30.5 Å².